The summed E-state index contributed by atoms with van der Waals surface area (Å²) in [7, 11) is 1.55. The van der Waals surface area contributed by atoms with Gasteiger partial charge in [0.25, 0.3) is 0 Å². The first kappa shape index (κ1) is 30.5. The number of aryl methyl sites for hydroxylation is 2. The van der Waals surface area contributed by atoms with Crippen molar-refractivity contribution in [2.45, 2.75) is 64.6 Å². The SMILES string of the molecule is C=C(/C=C(\N=CC)c1ccccc1)NC(C)CCN(CCCCc1ccc2c(n1)NCCC2)CC(F)COC. The van der Waals surface area contributed by atoms with Crippen LogP contribution >= 0.6 is 0 Å². The number of nitrogens with zero attached hydrogens (tertiary/aromatic N) is 3. The van der Waals surface area contributed by atoms with Gasteiger partial charge < -0.3 is 20.3 Å². The third kappa shape index (κ3) is 10.9. The fraction of sp³-hybridized carbons (Fsp3) is 0.500. The fourth-order valence-electron chi connectivity index (χ4n) is 4.87. The van der Waals surface area contributed by atoms with Gasteiger partial charge in [0.2, 0.25) is 0 Å². The second-order valence-corrected chi connectivity index (χ2v) is 10.3. The summed E-state index contributed by atoms with van der Waals surface area (Å²) in [6, 6.07) is 14.6. The number of rotatable bonds is 17. The van der Waals surface area contributed by atoms with Crippen molar-refractivity contribution < 1.29 is 9.13 Å². The van der Waals surface area contributed by atoms with Crippen molar-refractivity contribution in [2.24, 2.45) is 4.99 Å². The molecule has 6 nitrogen and oxygen atoms in total. The average molecular weight is 536 g/mol. The van der Waals surface area contributed by atoms with Crippen LogP contribution in [0.4, 0.5) is 10.2 Å². The number of nitrogens with one attached hydrogen (secondary N) is 2. The summed E-state index contributed by atoms with van der Waals surface area (Å²) in [5, 5.41) is 6.90. The summed E-state index contributed by atoms with van der Waals surface area (Å²) in [6.45, 7) is 11.4. The summed E-state index contributed by atoms with van der Waals surface area (Å²) >= 11 is 0. The molecule has 2 heterocycles. The van der Waals surface area contributed by atoms with E-state index in [4.69, 9.17) is 9.72 Å². The van der Waals surface area contributed by atoms with Crippen LogP contribution in [-0.2, 0) is 17.6 Å². The molecule has 1 aliphatic rings. The fourth-order valence-corrected chi connectivity index (χ4v) is 4.87. The molecule has 1 aromatic carbocycles. The van der Waals surface area contributed by atoms with Crippen molar-refractivity contribution in [1.29, 1.82) is 0 Å². The summed E-state index contributed by atoms with van der Waals surface area (Å²) < 4.78 is 19.5. The lowest BCUT2D eigenvalue weighted by atomic mass is 10.1. The molecule has 0 amide bonds. The maximum absolute atomic E-state index is 14.5. The van der Waals surface area contributed by atoms with Gasteiger partial charge in [0, 0.05) is 56.0 Å². The molecule has 0 saturated carbocycles. The van der Waals surface area contributed by atoms with Crippen LogP contribution in [0, 0.1) is 0 Å². The predicted octanol–water partition coefficient (Wildman–Crippen LogP) is 6.06. The highest BCUT2D eigenvalue weighted by molar-refractivity contribution is 5.74. The molecule has 212 valence electrons. The van der Waals surface area contributed by atoms with E-state index >= 15 is 0 Å². The molecule has 2 atom stereocenters. The summed E-state index contributed by atoms with van der Waals surface area (Å²) in [5.74, 6) is 1.05. The number of fused-ring (bicyclic) bond motifs is 1. The van der Waals surface area contributed by atoms with Crippen LogP contribution in [0.5, 0.6) is 0 Å². The van der Waals surface area contributed by atoms with E-state index in [1.807, 2.05) is 43.3 Å². The Morgan fingerprint density at radius 1 is 1.23 bits per heavy atom. The third-order valence-electron chi connectivity index (χ3n) is 6.87. The van der Waals surface area contributed by atoms with Crippen molar-refractivity contribution in [3.05, 3.63) is 77.6 Å². The van der Waals surface area contributed by atoms with Crippen molar-refractivity contribution in [3.8, 4) is 0 Å². The Morgan fingerprint density at radius 3 is 2.82 bits per heavy atom. The number of methoxy groups -OCH3 is 1. The summed E-state index contributed by atoms with van der Waals surface area (Å²) in [5.41, 5.74) is 5.18. The zero-order valence-corrected chi connectivity index (χ0v) is 24.0. The maximum Gasteiger partial charge on any atom is 0.136 e. The van der Waals surface area contributed by atoms with Gasteiger partial charge in [-0.05, 0) is 76.6 Å². The highest BCUT2D eigenvalue weighted by Crippen LogP contribution is 2.20. The van der Waals surface area contributed by atoms with Crippen molar-refractivity contribution in [3.63, 3.8) is 0 Å². The van der Waals surface area contributed by atoms with E-state index in [1.54, 1.807) is 13.3 Å². The van der Waals surface area contributed by atoms with Gasteiger partial charge in [-0.15, -0.1) is 0 Å². The Labute approximate surface area is 234 Å². The van der Waals surface area contributed by atoms with Crippen molar-refractivity contribution >= 4 is 17.7 Å². The van der Waals surface area contributed by atoms with Gasteiger partial charge in [-0.3, -0.25) is 4.99 Å². The molecule has 7 heteroatoms. The minimum absolute atomic E-state index is 0.123. The number of ether oxygens (including phenoxy) is 1. The topological polar surface area (TPSA) is 61.8 Å². The first-order valence-electron chi connectivity index (χ1n) is 14.3. The van der Waals surface area contributed by atoms with E-state index in [0.717, 1.165) is 80.2 Å². The van der Waals surface area contributed by atoms with E-state index in [9.17, 15) is 4.39 Å². The zero-order chi connectivity index (χ0) is 27.9. The van der Waals surface area contributed by atoms with Gasteiger partial charge in [-0.2, -0.15) is 0 Å². The van der Waals surface area contributed by atoms with E-state index in [0.29, 0.717) is 6.54 Å². The predicted molar refractivity (Wildman–Crippen MR) is 162 cm³/mol. The molecular formula is C32H46FN5O. The normalized spacial score (nSPS) is 15.2. The first-order valence-corrected chi connectivity index (χ1v) is 14.3. The van der Waals surface area contributed by atoms with Gasteiger partial charge in [-0.1, -0.05) is 43.0 Å². The van der Waals surface area contributed by atoms with E-state index in [1.165, 1.54) is 12.0 Å². The Kier molecular flexibility index (Phi) is 13.2. The molecule has 1 aliphatic heterocycles. The van der Waals surface area contributed by atoms with Crippen LogP contribution in [0.15, 0.2) is 65.8 Å². The number of aromatic nitrogens is 1. The molecule has 0 radical (unpaired) electrons. The zero-order valence-electron chi connectivity index (χ0n) is 24.0. The molecule has 0 spiro atoms. The molecule has 0 saturated heterocycles. The Bertz CT molecular complexity index is 1070. The number of pyridine rings is 1. The van der Waals surface area contributed by atoms with Crippen LogP contribution in [0.25, 0.3) is 5.70 Å². The number of halogens is 1. The number of unbranched alkanes of at least 4 members (excludes halogenated alkanes) is 1. The largest absolute Gasteiger partial charge is 0.383 e. The van der Waals surface area contributed by atoms with Gasteiger partial charge in [0.15, 0.2) is 0 Å². The van der Waals surface area contributed by atoms with E-state index in [-0.39, 0.29) is 12.6 Å². The monoisotopic (exact) mass is 535 g/mol. The number of anilines is 1. The second-order valence-electron chi connectivity index (χ2n) is 10.3. The van der Waals surface area contributed by atoms with Gasteiger partial charge in [-0.25, -0.2) is 9.37 Å². The average Bonchev–Trinajstić information content (AvgIpc) is 2.94. The highest BCUT2D eigenvalue weighted by atomic mass is 19.1. The highest BCUT2D eigenvalue weighted by Gasteiger charge is 2.15. The minimum atomic E-state index is -0.995. The van der Waals surface area contributed by atoms with Crippen LogP contribution in [0.3, 0.4) is 0 Å². The number of benzene rings is 1. The third-order valence-corrected chi connectivity index (χ3v) is 6.87. The van der Waals surface area contributed by atoms with E-state index < -0.39 is 6.17 Å². The Hall–Kier alpha value is -3.03. The number of hydrogen-bond donors (Lipinski definition) is 2. The van der Waals surface area contributed by atoms with Crippen molar-refractivity contribution in [2.75, 3.05) is 45.2 Å². The van der Waals surface area contributed by atoms with Crippen LogP contribution < -0.4 is 10.6 Å². The van der Waals surface area contributed by atoms with Crippen LogP contribution in [0.2, 0.25) is 0 Å². The number of alkyl halides is 1. The summed E-state index contributed by atoms with van der Waals surface area (Å²) in [6.07, 6.45) is 8.89. The minimum Gasteiger partial charge on any atom is -0.383 e. The lowest BCUT2D eigenvalue weighted by molar-refractivity contribution is 0.0912. The summed E-state index contributed by atoms with van der Waals surface area (Å²) in [4.78, 5) is 11.5. The van der Waals surface area contributed by atoms with Gasteiger partial charge >= 0.3 is 0 Å². The maximum atomic E-state index is 14.5. The van der Waals surface area contributed by atoms with Gasteiger partial charge in [0.1, 0.15) is 12.0 Å². The number of hydrogen-bond acceptors (Lipinski definition) is 6. The van der Waals surface area contributed by atoms with Crippen LogP contribution in [-0.4, -0.2) is 68.2 Å². The van der Waals surface area contributed by atoms with Crippen LogP contribution in [0.1, 0.15) is 56.4 Å². The number of aliphatic imine (C=N–C) groups is 1. The molecule has 2 aromatic rings. The van der Waals surface area contributed by atoms with Gasteiger partial charge in [0.05, 0.1) is 12.3 Å². The molecule has 0 aliphatic carbocycles. The van der Waals surface area contributed by atoms with E-state index in [2.05, 4.69) is 46.2 Å². The standard InChI is InChI=1S/C32H46FN5O/c1-5-34-31(27-12-7-6-8-13-27)22-26(3)36-25(2)18-21-38(23-29(33)24-39-4)20-10-9-15-30-17-16-28-14-11-19-35-32(28)37-30/h5-8,12-13,16-17,22,25,29,36H,3,9-11,14-15,18-21,23-24H2,1-2,4H3,(H,35,37)/b31-22-,34-5?. The lowest BCUT2D eigenvalue weighted by Crippen LogP contribution is -2.37. The molecule has 2 unspecified atom stereocenters. The smallest absolute Gasteiger partial charge is 0.136 e. The second kappa shape index (κ2) is 16.8. The molecule has 1 aromatic heterocycles. The molecule has 3 rings (SSSR count). The first-order chi connectivity index (χ1) is 19.0. The molecular weight excluding hydrogens is 489 g/mol. The number of allylic oxidation sites excluding steroid dienone is 1. The molecule has 39 heavy (non-hydrogen) atoms. The molecule has 2 N–H and O–H groups in total. The lowest BCUT2D eigenvalue weighted by Gasteiger charge is -2.26. The molecule has 0 bridgehead atoms. The molecule has 0 fully saturated rings. The quantitative estimate of drug-likeness (QED) is 0.146. The Balaban J connectivity index is 1.48. The Morgan fingerprint density at radius 2 is 2.05 bits per heavy atom. The van der Waals surface area contributed by atoms with Crippen molar-refractivity contribution in [1.82, 2.24) is 15.2 Å².